The Hall–Kier alpha value is -1.81. The Balaban J connectivity index is 4.11. The molecule has 0 saturated carbocycles. The van der Waals surface area contributed by atoms with Crippen LogP contribution in [-0.4, -0.2) is 31.1 Å². The summed E-state index contributed by atoms with van der Waals surface area (Å²) in [5.41, 5.74) is 3.77. The molecule has 1 N–H and O–H groups in total. The highest BCUT2D eigenvalue weighted by Crippen LogP contribution is 2.12. The lowest BCUT2D eigenvalue weighted by Gasteiger charge is -2.25. The fourth-order valence-electron chi connectivity index (χ4n) is 2.46. The van der Waals surface area contributed by atoms with Crippen LogP contribution in [0, 0.1) is 0 Å². The van der Waals surface area contributed by atoms with Crippen molar-refractivity contribution in [1.82, 2.24) is 5.32 Å². The van der Waals surface area contributed by atoms with Crippen LogP contribution in [0.5, 0.6) is 0 Å². The average molecular weight is 392 g/mol. The summed E-state index contributed by atoms with van der Waals surface area (Å²) in [6.45, 7) is 18.9. The number of ether oxygens (including phenoxy) is 2. The molecular weight excluding hydrogens is 350 g/mol. The lowest BCUT2D eigenvalue weighted by Crippen LogP contribution is -2.37. The molecule has 0 heterocycles. The van der Waals surface area contributed by atoms with Crippen molar-refractivity contribution in [3.05, 3.63) is 47.4 Å². The fraction of sp³-hybridized carbons (Fsp3) is 0.625. The van der Waals surface area contributed by atoms with Crippen LogP contribution >= 0.6 is 0 Å². The molecule has 160 valence electrons. The van der Waals surface area contributed by atoms with Crippen molar-refractivity contribution < 1.29 is 14.3 Å². The molecule has 1 atom stereocenters. The standard InChI is InChI=1S/C24H41NO3/c1-19(2)11-9-12-20(3)13-10-14-21(4)15-16-27-18-23(17-26)25-22(5)28-24(6,7)8/h11,13,15,17,23,25H,5,9-10,12,14,16,18H2,1-4,6-8H3/b20-13+,21-15+. The summed E-state index contributed by atoms with van der Waals surface area (Å²) >= 11 is 0. The van der Waals surface area contributed by atoms with E-state index in [1.54, 1.807) is 0 Å². The normalized spacial score (nSPS) is 13.7. The Morgan fingerprint density at radius 3 is 2.11 bits per heavy atom. The molecule has 28 heavy (non-hydrogen) atoms. The molecule has 0 rings (SSSR count). The third-order valence-corrected chi connectivity index (χ3v) is 3.91. The van der Waals surface area contributed by atoms with Gasteiger partial charge in [-0.25, -0.2) is 0 Å². The van der Waals surface area contributed by atoms with Gasteiger partial charge in [0.1, 0.15) is 17.9 Å². The summed E-state index contributed by atoms with van der Waals surface area (Å²) in [7, 11) is 0. The lowest BCUT2D eigenvalue weighted by atomic mass is 10.1. The molecule has 0 radical (unpaired) electrons. The van der Waals surface area contributed by atoms with Gasteiger partial charge in [0.15, 0.2) is 5.88 Å². The van der Waals surface area contributed by atoms with E-state index in [9.17, 15) is 4.79 Å². The molecule has 0 aliphatic carbocycles. The Morgan fingerprint density at radius 1 is 1.00 bits per heavy atom. The van der Waals surface area contributed by atoms with Crippen molar-refractivity contribution in [3.8, 4) is 0 Å². The SMILES string of the molecule is C=C(NC(C=O)COC/C=C(\C)CC/C=C(\C)CCC=C(C)C)OC(C)(C)C. The highest BCUT2D eigenvalue weighted by Gasteiger charge is 2.15. The second-order valence-corrected chi connectivity index (χ2v) is 8.52. The van der Waals surface area contributed by atoms with Crippen molar-refractivity contribution in [1.29, 1.82) is 0 Å². The second kappa shape index (κ2) is 14.2. The average Bonchev–Trinajstić information content (AvgIpc) is 2.55. The zero-order valence-electron chi connectivity index (χ0n) is 19.1. The number of nitrogens with one attached hydrogen (secondary N) is 1. The molecule has 0 amide bonds. The zero-order chi connectivity index (χ0) is 21.6. The number of carbonyl (C=O) groups is 1. The van der Waals surface area contributed by atoms with E-state index in [-0.39, 0.29) is 12.2 Å². The molecule has 0 bridgehead atoms. The van der Waals surface area contributed by atoms with Crippen molar-refractivity contribution >= 4 is 6.29 Å². The first-order chi connectivity index (χ1) is 13.0. The van der Waals surface area contributed by atoms with Gasteiger partial charge < -0.3 is 19.6 Å². The first-order valence-electron chi connectivity index (χ1n) is 10.2. The molecule has 0 aromatic heterocycles. The largest absolute Gasteiger partial charge is 0.474 e. The van der Waals surface area contributed by atoms with Gasteiger partial charge in [-0.1, -0.05) is 34.9 Å². The third-order valence-electron chi connectivity index (χ3n) is 3.91. The van der Waals surface area contributed by atoms with Crippen molar-refractivity contribution in [2.24, 2.45) is 0 Å². The minimum absolute atomic E-state index is 0.281. The zero-order valence-corrected chi connectivity index (χ0v) is 19.1. The molecule has 0 aliphatic rings. The van der Waals surface area contributed by atoms with Crippen molar-refractivity contribution in [2.75, 3.05) is 13.2 Å². The van der Waals surface area contributed by atoms with Gasteiger partial charge in [-0.3, -0.25) is 0 Å². The number of aldehydes is 1. The third kappa shape index (κ3) is 16.4. The molecule has 0 fully saturated rings. The first kappa shape index (κ1) is 26.2. The van der Waals surface area contributed by atoms with Crippen LogP contribution < -0.4 is 5.32 Å². The Kier molecular flexibility index (Phi) is 13.3. The van der Waals surface area contributed by atoms with Crippen LogP contribution in [-0.2, 0) is 14.3 Å². The van der Waals surface area contributed by atoms with Crippen molar-refractivity contribution in [3.63, 3.8) is 0 Å². The van der Waals surface area contributed by atoms with Gasteiger partial charge in [0.05, 0.1) is 13.2 Å². The van der Waals surface area contributed by atoms with Crippen molar-refractivity contribution in [2.45, 2.75) is 85.8 Å². The summed E-state index contributed by atoms with van der Waals surface area (Å²) in [6, 6.07) is -0.463. The first-order valence-corrected chi connectivity index (χ1v) is 10.2. The maximum atomic E-state index is 11.2. The number of hydrogen-bond acceptors (Lipinski definition) is 4. The van der Waals surface area contributed by atoms with Crippen LogP contribution in [0.3, 0.4) is 0 Å². The Bertz CT molecular complexity index is 561. The Morgan fingerprint density at radius 2 is 1.57 bits per heavy atom. The molecule has 1 unspecified atom stereocenters. The summed E-state index contributed by atoms with van der Waals surface area (Å²) < 4.78 is 11.2. The number of allylic oxidation sites excluding steroid dienone is 5. The lowest BCUT2D eigenvalue weighted by molar-refractivity contribution is -0.111. The summed E-state index contributed by atoms with van der Waals surface area (Å²) in [6.07, 6.45) is 11.8. The highest BCUT2D eigenvalue weighted by molar-refractivity contribution is 5.58. The minimum Gasteiger partial charge on any atom is -0.474 e. The van der Waals surface area contributed by atoms with E-state index in [4.69, 9.17) is 9.47 Å². The van der Waals surface area contributed by atoms with Gasteiger partial charge in [-0.05, 0) is 80.7 Å². The molecule has 4 heteroatoms. The topological polar surface area (TPSA) is 47.6 Å². The molecule has 4 nitrogen and oxygen atoms in total. The quantitative estimate of drug-likeness (QED) is 0.174. The summed E-state index contributed by atoms with van der Waals surface area (Å²) in [4.78, 5) is 11.2. The maximum absolute atomic E-state index is 11.2. The van der Waals surface area contributed by atoms with Crippen LogP contribution in [0.25, 0.3) is 0 Å². The Labute approximate surface area is 172 Å². The van der Waals surface area contributed by atoms with Gasteiger partial charge in [0, 0.05) is 0 Å². The fourth-order valence-corrected chi connectivity index (χ4v) is 2.46. The van der Waals surface area contributed by atoms with Crippen LogP contribution in [0.4, 0.5) is 0 Å². The van der Waals surface area contributed by atoms with Gasteiger partial charge in [-0.2, -0.15) is 0 Å². The predicted octanol–water partition coefficient (Wildman–Crippen LogP) is 5.87. The highest BCUT2D eigenvalue weighted by atomic mass is 16.5. The maximum Gasteiger partial charge on any atom is 0.180 e. The predicted molar refractivity (Wildman–Crippen MR) is 119 cm³/mol. The van der Waals surface area contributed by atoms with Crippen LogP contribution in [0.15, 0.2) is 47.4 Å². The van der Waals surface area contributed by atoms with Crippen LogP contribution in [0.1, 0.15) is 74.1 Å². The molecule has 0 aliphatic heterocycles. The monoisotopic (exact) mass is 391 g/mol. The molecule has 0 aromatic rings. The number of hydrogen-bond donors (Lipinski definition) is 1. The van der Waals surface area contributed by atoms with E-state index >= 15 is 0 Å². The van der Waals surface area contributed by atoms with Gasteiger partial charge in [0.25, 0.3) is 0 Å². The molecule has 0 aromatic carbocycles. The molecular formula is C24H41NO3. The smallest absolute Gasteiger partial charge is 0.180 e. The summed E-state index contributed by atoms with van der Waals surface area (Å²) in [5, 5.41) is 2.94. The van der Waals surface area contributed by atoms with Gasteiger partial charge >= 0.3 is 0 Å². The molecule has 0 saturated heterocycles. The second-order valence-electron chi connectivity index (χ2n) is 8.52. The minimum atomic E-state index is -0.463. The van der Waals surface area contributed by atoms with Crippen LogP contribution in [0.2, 0.25) is 0 Å². The van der Waals surface area contributed by atoms with E-state index in [1.807, 2.05) is 20.8 Å². The molecule has 0 spiro atoms. The summed E-state index contributed by atoms with van der Waals surface area (Å²) in [5.74, 6) is 0.381. The van der Waals surface area contributed by atoms with E-state index in [0.717, 1.165) is 32.0 Å². The van der Waals surface area contributed by atoms with E-state index in [1.165, 1.54) is 16.7 Å². The van der Waals surface area contributed by atoms with E-state index in [0.29, 0.717) is 12.5 Å². The van der Waals surface area contributed by atoms with E-state index in [2.05, 4.69) is 57.8 Å². The number of rotatable bonds is 14. The van der Waals surface area contributed by atoms with E-state index < -0.39 is 6.04 Å². The van der Waals surface area contributed by atoms with Gasteiger partial charge in [-0.15, -0.1) is 0 Å². The number of carbonyl (C=O) groups excluding carboxylic acids is 1. The van der Waals surface area contributed by atoms with Gasteiger partial charge in [0.2, 0.25) is 0 Å².